The highest BCUT2D eigenvalue weighted by Gasteiger charge is 2.36. The van der Waals surface area contributed by atoms with Crippen molar-refractivity contribution in [2.75, 3.05) is 27.8 Å². The summed E-state index contributed by atoms with van der Waals surface area (Å²) < 4.78 is 109. The third-order valence-electron chi connectivity index (χ3n) is 6.69. The first kappa shape index (κ1) is 40.3. The Morgan fingerprint density at radius 2 is 0.902 bits per heavy atom. The van der Waals surface area contributed by atoms with E-state index in [0.717, 1.165) is 24.3 Å². The second-order valence-electron chi connectivity index (χ2n) is 9.92. The summed E-state index contributed by atoms with van der Waals surface area (Å²) in [5.74, 6) is -1.67. The summed E-state index contributed by atoms with van der Waals surface area (Å²) in [7, 11) is 2.42. The monoisotopic (exact) mass is 980 g/mol. The first-order chi connectivity index (χ1) is 23.8. The molecule has 51 heavy (non-hydrogen) atoms. The van der Waals surface area contributed by atoms with Crippen molar-refractivity contribution < 1.29 is 59.9 Å². The van der Waals surface area contributed by atoms with Crippen LogP contribution < -0.4 is 14.2 Å². The number of halogens is 10. The van der Waals surface area contributed by atoms with E-state index in [0.29, 0.717) is 24.3 Å². The fraction of sp³-hybridized carbons (Fsp3) is 0.200. The smallest absolute Gasteiger partial charge is 0.416 e. The van der Waals surface area contributed by atoms with Crippen molar-refractivity contribution in [2.45, 2.75) is 12.4 Å². The first-order valence-corrected chi connectivity index (χ1v) is 16.7. The first-order valence-electron chi connectivity index (χ1n) is 13.5. The average molecular weight is 984 g/mol. The van der Waals surface area contributed by atoms with Gasteiger partial charge in [-0.2, -0.15) is 26.3 Å². The van der Waals surface area contributed by atoms with Crippen LogP contribution in [0.15, 0.2) is 66.4 Å². The van der Waals surface area contributed by atoms with Crippen LogP contribution in [0.3, 0.4) is 0 Å². The second-order valence-corrected chi connectivity index (χ2v) is 13.3. The van der Waals surface area contributed by atoms with E-state index in [1.54, 1.807) is 0 Å². The number of methoxy groups -OCH3 is 2. The number of hydrogen-bond acceptors (Lipinski definition) is 9. The molecule has 0 radical (unpaired) electrons. The van der Waals surface area contributed by atoms with E-state index in [1.807, 2.05) is 0 Å². The second kappa shape index (κ2) is 16.0. The number of rotatable bonds is 12. The molecule has 272 valence electrons. The van der Waals surface area contributed by atoms with Crippen LogP contribution in [0.5, 0.6) is 23.0 Å². The Kier molecular flexibility index (Phi) is 12.7. The third-order valence-corrected chi connectivity index (χ3v) is 9.19. The van der Waals surface area contributed by atoms with Crippen molar-refractivity contribution >= 4 is 75.1 Å². The van der Waals surface area contributed by atoms with Crippen LogP contribution in [-0.2, 0) is 21.8 Å². The minimum Gasteiger partial charge on any atom is -0.460 e. The molecule has 4 aromatic rings. The quantitative estimate of drug-likeness (QED) is 0.0589. The lowest BCUT2D eigenvalue weighted by atomic mass is 9.99. The Balaban J connectivity index is 2.14. The van der Waals surface area contributed by atoms with Gasteiger partial charge in [-0.25, -0.2) is 0 Å². The maximum atomic E-state index is 13.7. The predicted octanol–water partition coefficient (Wildman–Crippen LogP) is 11.7. The van der Waals surface area contributed by atoms with Gasteiger partial charge in [-0.15, -0.1) is 0 Å². The lowest BCUT2D eigenvalue weighted by molar-refractivity contribution is -0.386. The Morgan fingerprint density at radius 1 is 0.588 bits per heavy atom. The SMILES string of the molecule is COCOc1c([N+](=O)[O-])ccc(Oc2ccc([N+](=O)[O-])c(OCOC)c2-c2c(Br)cc(C(F)(F)F)cc2Br)c1-c1c(Br)cc(C(F)(F)F)cc1Br. The zero-order chi connectivity index (χ0) is 38.0. The summed E-state index contributed by atoms with van der Waals surface area (Å²) in [4.78, 5) is 22.6. The topological polar surface area (TPSA) is 132 Å². The molecule has 0 aliphatic heterocycles. The van der Waals surface area contributed by atoms with E-state index in [9.17, 15) is 46.6 Å². The van der Waals surface area contributed by atoms with Gasteiger partial charge in [0.05, 0.1) is 32.1 Å². The largest absolute Gasteiger partial charge is 0.460 e. The summed E-state index contributed by atoms with van der Waals surface area (Å²) in [5.41, 5.74) is -4.32. The lowest BCUT2D eigenvalue weighted by Gasteiger charge is -2.22. The molecule has 0 saturated carbocycles. The molecular formula is C30H18Br4F6N2O9. The van der Waals surface area contributed by atoms with E-state index in [2.05, 4.69) is 63.7 Å². The predicted molar refractivity (Wildman–Crippen MR) is 183 cm³/mol. The summed E-state index contributed by atoms with van der Waals surface area (Å²) in [6.45, 7) is -1.15. The van der Waals surface area contributed by atoms with E-state index in [-0.39, 0.29) is 51.6 Å². The molecule has 4 aromatic carbocycles. The van der Waals surface area contributed by atoms with Gasteiger partial charge >= 0.3 is 23.7 Å². The van der Waals surface area contributed by atoms with Gasteiger partial charge in [-0.3, -0.25) is 20.2 Å². The van der Waals surface area contributed by atoms with Gasteiger partial charge in [-0.1, -0.05) is 63.7 Å². The molecule has 4 rings (SSSR count). The van der Waals surface area contributed by atoms with Gasteiger partial charge in [0, 0.05) is 55.4 Å². The molecule has 0 bridgehead atoms. The standard InChI is InChI=1S/C30H18Br4F6N2O9/c1-47-11-49-27-19(41(43)44)3-5-21(25(27)23-15(31)7-13(8-16(23)32)29(35,36)37)51-22-6-4-20(42(45)46)28(50-12-48-2)26(22)24-17(33)9-14(10-18(24)34)30(38,39)40/h3-10H,11-12H2,1-2H3. The number of hydrogen-bond donors (Lipinski definition) is 0. The normalized spacial score (nSPS) is 11.8. The van der Waals surface area contributed by atoms with Gasteiger partial charge in [0.25, 0.3) is 0 Å². The molecule has 0 N–H and O–H groups in total. The summed E-state index contributed by atoms with van der Waals surface area (Å²) in [6, 6.07) is 6.96. The highest BCUT2D eigenvalue weighted by molar-refractivity contribution is 9.11. The van der Waals surface area contributed by atoms with Crippen LogP contribution in [0.1, 0.15) is 11.1 Å². The molecule has 0 aromatic heterocycles. The molecule has 0 aliphatic carbocycles. The molecule has 0 amide bonds. The maximum Gasteiger partial charge on any atom is 0.416 e. The number of alkyl halides is 6. The van der Waals surface area contributed by atoms with E-state index >= 15 is 0 Å². The van der Waals surface area contributed by atoms with Crippen LogP contribution in [0.4, 0.5) is 37.7 Å². The van der Waals surface area contributed by atoms with Gasteiger partial charge in [0.2, 0.25) is 11.5 Å². The van der Waals surface area contributed by atoms with Crippen molar-refractivity contribution in [3.63, 3.8) is 0 Å². The van der Waals surface area contributed by atoms with E-state index in [4.69, 9.17) is 23.7 Å². The summed E-state index contributed by atoms with van der Waals surface area (Å²) in [5, 5.41) is 24.3. The minimum atomic E-state index is -4.80. The number of nitrogens with zero attached hydrogens (tertiary/aromatic N) is 2. The summed E-state index contributed by atoms with van der Waals surface area (Å²) >= 11 is 12.5. The van der Waals surface area contributed by atoms with Gasteiger partial charge in [-0.05, 0) is 36.4 Å². The Hall–Kier alpha value is -3.50. The molecule has 0 heterocycles. The molecule has 11 nitrogen and oxygen atoms in total. The Bertz CT molecular complexity index is 1830. The fourth-order valence-electron chi connectivity index (χ4n) is 4.64. The maximum absolute atomic E-state index is 13.7. The van der Waals surface area contributed by atoms with Gasteiger partial charge < -0.3 is 23.7 Å². The van der Waals surface area contributed by atoms with Crippen LogP contribution in [-0.4, -0.2) is 37.7 Å². The molecule has 0 unspecified atom stereocenters. The molecule has 0 aliphatic rings. The fourth-order valence-corrected chi connectivity index (χ4v) is 7.80. The molecule has 0 fully saturated rings. The minimum absolute atomic E-state index is 0.121. The van der Waals surface area contributed by atoms with Crippen LogP contribution in [0.25, 0.3) is 22.3 Å². The number of nitro groups is 2. The number of ether oxygens (including phenoxy) is 5. The van der Waals surface area contributed by atoms with Crippen molar-refractivity contribution in [3.8, 4) is 45.3 Å². The average Bonchev–Trinajstić information content (AvgIpc) is 3.02. The number of nitro benzene ring substituents is 2. The zero-order valence-corrected chi connectivity index (χ0v) is 31.7. The molecule has 0 saturated heterocycles. The van der Waals surface area contributed by atoms with Crippen molar-refractivity contribution in [2.24, 2.45) is 0 Å². The van der Waals surface area contributed by atoms with Crippen LogP contribution in [0.2, 0.25) is 0 Å². The van der Waals surface area contributed by atoms with E-state index < -0.39 is 69.8 Å². The Morgan fingerprint density at radius 3 is 1.16 bits per heavy atom. The van der Waals surface area contributed by atoms with Gasteiger partial charge in [0.15, 0.2) is 13.6 Å². The highest BCUT2D eigenvalue weighted by atomic mass is 79.9. The van der Waals surface area contributed by atoms with Crippen LogP contribution >= 0.6 is 63.7 Å². The zero-order valence-electron chi connectivity index (χ0n) is 25.4. The molecule has 0 spiro atoms. The van der Waals surface area contributed by atoms with Crippen LogP contribution in [0, 0.1) is 20.2 Å². The third kappa shape index (κ3) is 8.76. The number of benzene rings is 4. The molecular weight excluding hydrogens is 966 g/mol. The van der Waals surface area contributed by atoms with Crippen molar-refractivity contribution in [1.29, 1.82) is 0 Å². The lowest BCUT2D eigenvalue weighted by Crippen LogP contribution is -2.08. The Labute approximate surface area is 316 Å². The molecule has 21 heteroatoms. The van der Waals surface area contributed by atoms with Crippen molar-refractivity contribution in [3.05, 3.63) is 97.8 Å². The highest BCUT2D eigenvalue weighted by Crippen LogP contribution is 2.55. The van der Waals surface area contributed by atoms with Crippen molar-refractivity contribution in [1.82, 2.24) is 0 Å². The van der Waals surface area contributed by atoms with Gasteiger partial charge in [0.1, 0.15) is 11.5 Å². The van der Waals surface area contributed by atoms with E-state index in [1.165, 1.54) is 14.2 Å². The molecule has 0 atom stereocenters. The summed E-state index contributed by atoms with van der Waals surface area (Å²) in [6.07, 6.45) is -9.59.